The van der Waals surface area contributed by atoms with Gasteiger partial charge in [-0.1, -0.05) is 23.7 Å². The Labute approximate surface area is 136 Å². The predicted molar refractivity (Wildman–Crippen MR) is 88.2 cm³/mol. The first-order chi connectivity index (χ1) is 10.5. The van der Waals surface area contributed by atoms with Crippen LogP contribution in [0.15, 0.2) is 18.2 Å². The first-order valence-corrected chi connectivity index (χ1v) is 7.90. The van der Waals surface area contributed by atoms with E-state index in [1.807, 2.05) is 19.1 Å². The molecule has 1 aromatic rings. The second-order valence-electron chi connectivity index (χ2n) is 5.75. The number of hydrogen-bond acceptors (Lipinski definition) is 2. The van der Waals surface area contributed by atoms with Crippen molar-refractivity contribution in [2.45, 2.75) is 26.7 Å². The number of nitrogens with one attached hydrogen (secondary N) is 2. The van der Waals surface area contributed by atoms with Gasteiger partial charge in [-0.3, -0.25) is 4.79 Å². The molecule has 1 aliphatic rings. The molecule has 6 heteroatoms. The summed E-state index contributed by atoms with van der Waals surface area (Å²) in [5.74, 6) is 0.268. The Balaban J connectivity index is 1.96. The Bertz CT molecular complexity index is 542. The number of nitrogens with zero attached hydrogens (tertiary/aromatic N) is 1. The zero-order valence-corrected chi connectivity index (χ0v) is 13.7. The van der Waals surface area contributed by atoms with Crippen LogP contribution in [0.3, 0.4) is 0 Å². The van der Waals surface area contributed by atoms with Crippen molar-refractivity contribution >= 4 is 29.2 Å². The van der Waals surface area contributed by atoms with Crippen molar-refractivity contribution in [2.75, 3.05) is 25.0 Å². The third-order valence-electron chi connectivity index (χ3n) is 3.90. The van der Waals surface area contributed by atoms with E-state index in [0.29, 0.717) is 29.7 Å². The first-order valence-electron chi connectivity index (χ1n) is 7.53. The fourth-order valence-corrected chi connectivity index (χ4v) is 2.95. The van der Waals surface area contributed by atoms with Crippen LogP contribution in [0.1, 0.15) is 25.3 Å². The van der Waals surface area contributed by atoms with Crippen LogP contribution in [0.2, 0.25) is 5.02 Å². The molecule has 0 saturated carbocycles. The molecule has 1 atom stereocenters. The topological polar surface area (TPSA) is 61.4 Å². The van der Waals surface area contributed by atoms with Crippen LogP contribution in [-0.4, -0.2) is 36.5 Å². The molecule has 0 aromatic heterocycles. The van der Waals surface area contributed by atoms with Crippen molar-refractivity contribution in [3.63, 3.8) is 0 Å². The maximum Gasteiger partial charge on any atom is 0.321 e. The van der Waals surface area contributed by atoms with E-state index in [-0.39, 0.29) is 11.9 Å². The van der Waals surface area contributed by atoms with Gasteiger partial charge in [-0.05, 0) is 37.3 Å². The fraction of sp³-hybridized carbons (Fsp3) is 0.500. The number of anilines is 1. The van der Waals surface area contributed by atoms with E-state index >= 15 is 0 Å². The van der Waals surface area contributed by atoms with Crippen LogP contribution in [-0.2, 0) is 4.79 Å². The Kier molecular flexibility index (Phi) is 5.66. The molecule has 2 N–H and O–H groups in total. The third-order valence-corrected chi connectivity index (χ3v) is 4.21. The average molecular weight is 324 g/mol. The molecular formula is C16H22ClN3O2. The highest BCUT2D eigenvalue weighted by molar-refractivity contribution is 6.33. The Morgan fingerprint density at radius 1 is 1.41 bits per heavy atom. The van der Waals surface area contributed by atoms with Gasteiger partial charge in [0.2, 0.25) is 5.91 Å². The van der Waals surface area contributed by atoms with Crippen molar-refractivity contribution in [1.29, 1.82) is 0 Å². The Morgan fingerprint density at radius 2 is 2.18 bits per heavy atom. The summed E-state index contributed by atoms with van der Waals surface area (Å²) in [5.41, 5.74) is 1.60. The van der Waals surface area contributed by atoms with Crippen LogP contribution in [0.4, 0.5) is 10.5 Å². The molecule has 1 fully saturated rings. The molecule has 0 unspecified atom stereocenters. The van der Waals surface area contributed by atoms with Gasteiger partial charge in [0.15, 0.2) is 0 Å². The lowest BCUT2D eigenvalue weighted by Gasteiger charge is -2.33. The van der Waals surface area contributed by atoms with E-state index in [0.717, 1.165) is 24.9 Å². The van der Waals surface area contributed by atoms with Gasteiger partial charge in [-0.15, -0.1) is 0 Å². The number of urea groups is 1. The van der Waals surface area contributed by atoms with Crippen LogP contribution >= 0.6 is 11.6 Å². The number of benzene rings is 1. The highest BCUT2D eigenvalue weighted by atomic mass is 35.5. The molecule has 1 saturated heterocycles. The van der Waals surface area contributed by atoms with Crippen molar-refractivity contribution in [2.24, 2.45) is 5.92 Å². The van der Waals surface area contributed by atoms with Gasteiger partial charge in [0.1, 0.15) is 0 Å². The SMILES string of the molecule is CC(=O)NC[C@@H]1CCCN(C(=O)Nc2c(C)cccc2Cl)C1. The molecule has 1 aromatic carbocycles. The zero-order chi connectivity index (χ0) is 16.1. The molecule has 3 amide bonds. The summed E-state index contributed by atoms with van der Waals surface area (Å²) in [6.45, 7) is 5.41. The molecule has 2 rings (SSSR count). The number of halogens is 1. The number of para-hydroxylation sites is 1. The lowest BCUT2D eigenvalue weighted by molar-refractivity contribution is -0.119. The van der Waals surface area contributed by atoms with E-state index in [1.54, 1.807) is 11.0 Å². The number of hydrogen-bond donors (Lipinski definition) is 2. The molecular weight excluding hydrogens is 302 g/mol. The molecule has 0 aliphatic carbocycles. The molecule has 0 spiro atoms. The van der Waals surface area contributed by atoms with E-state index in [1.165, 1.54) is 6.92 Å². The predicted octanol–water partition coefficient (Wildman–Crippen LogP) is 3.03. The first kappa shape index (κ1) is 16.6. The summed E-state index contributed by atoms with van der Waals surface area (Å²) >= 11 is 6.15. The number of likely N-dealkylation sites (tertiary alicyclic amines) is 1. The monoisotopic (exact) mass is 323 g/mol. The number of amides is 3. The number of rotatable bonds is 3. The zero-order valence-electron chi connectivity index (χ0n) is 13.0. The molecule has 22 heavy (non-hydrogen) atoms. The van der Waals surface area contributed by atoms with Gasteiger partial charge in [0.05, 0.1) is 10.7 Å². The largest absolute Gasteiger partial charge is 0.356 e. The summed E-state index contributed by atoms with van der Waals surface area (Å²) in [7, 11) is 0. The van der Waals surface area contributed by atoms with E-state index in [9.17, 15) is 9.59 Å². The highest BCUT2D eigenvalue weighted by Crippen LogP contribution is 2.26. The van der Waals surface area contributed by atoms with Gasteiger partial charge in [0, 0.05) is 26.6 Å². The smallest absolute Gasteiger partial charge is 0.321 e. The molecule has 1 aliphatic heterocycles. The summed E-state index contributed by atoms with van der Waals surface area (Å²) in [6.07, 6.45) is 1.97. The normalized spacial score (nSPS) is 18.0. The van der Waals surface area contributed by atoms with Gasteiger partial charge >= 0.3 is 6.03 Å². The fourth-order valence-electron chi connectivity index (χ4n) is 2.68. The average Bonchev–Trinajstić information content (AvgIpc) is 2.49. The maximum atomic E-state index is 12.4. The molecule has 0 radical (unpaired) electrons. The van der Waals surface area contributed by atoms with Crippen LogP contribution in [0.25, 0.3) is 0 Å². The lowest BCUT2D eigenvalue weighted by Crippen LogP contribution is -2.45. The van der Waals surface area contributed by atoms with Crippen molar-refractivity contribution in [3.05, 3.63) is 28.8 Å². The molecule has 120 valence electrons. The van der Waals surface area contributed by atoms with Crippen molar-refractivity contribution in [3.8, 4) is 0 Å². The lowest BCUT2D eigenvalue weighted by atomic mass is 9.98. The van der Waals surface area contributed by atoms with Crippen molar-refractivity contribution in [1.82, 2.24) is 10.2 Å². The van der Waals surface area contributed by atoms with Gasteiger partial charge in [-0.25, -0.2) is 4.79 Å². The quantitative estimate of drug-likeness (QED) is 0.898. The van der Waals surface area contributed by atoms with E-state index in [2.05, 4.69) is 10.6 Å². The Hall–Kier alpha value is -1.75. The maximum absolute atomic E-state index is 12.4. The highest BCUT2D eigenvalue weighted by Gasteiger charge is 2.24. The minimum atomic E-state index is -0.135. The minimum absolute atomic E-state index is 0.0340. The van der Waals surface area contributed by atoms with Gasteiger partial charge < -0.3 is 15.5 Å². The van der Waals surface area contributed by atoms with E-state index in [4.69, 9.17) is 11.6 Å². The second kappa shape index (κ2) is 7.49. The molecule has 0 bridgehead atoms. The number of carbonyl (C=O) groups excluding carboxylic acids is 2. The second-order valence-corrected chi connectivity index (χ2v) is 6.16. The summed E-state index contributed by atoms with van der Waals surface area (Å²) in [4.78, 5) is 25.2. The Morgan fingerprint density at radius 3 is 2.86 bits per heavy atom. The number of piperidine rings is 1. The van der Waals surface area contributed by atoms with Crippen LogP contribution in [0, 0.1) is 12.8 Å². The van der Waals surface area contributed by atoms with Crippen LogP contribution < -0.4 is 10.6 Å². The van der Waals surface area contributed by atoms with Gasteiger partial charge in [-0.2, -0.15) is 0 Å². The minimum Gasteiger partial charge on any atom is -0.356 e. The standard InChI is InChI=1S/C16H22ClN3O2/c1-11-5-3-7-14(17)15(11)19-16(22)20-8-4-6-13(10-20)9-18-12(2)21/h3,5,7,13H,4,6,8-10H2,1-2H3,(H,18,21)(H,19,22)/t13-/m0/s1. The van der Waals surface area contributed by atoms with Gasteiger partial charge in [0.25, 0.3) is 0 Å². The number of carbonyl (C=O) groups is 2. The summed E-state index contributed by atoms with van der Waals surface area (Å²) in [5, 5.41) is 6.27. The summed E-state index contributed by atoms with van der Waals surface area (Å²) in [6, 6.07) is 5.40. The van der Waals surface area contributed by atoms with E-state index < -0.39 is 0 Å². The van der Waals surface area contributed by atoms with Crippen LogP contribution in [0.5, 0.6) is 0 Å². The van der Waals surface area contributed by atoms with Crippen molar-refractivity contribution < 1.29 is 9.59 Å². The summed E-state index contributed by atoms with van der Waals surface area (Å²) < 4.78 is 0. The third kappa shape index (κ3) is 4.37. The number of aryl methyl sites for hydroxylation is 1. The molecule has 5 nitrogen and oxygen atoms in total. The molecule has 1 heterocycles.